The fourth-order valence-corrected chi connectivity index (χ4v) is 2.26. The van der Waals surface area contributed by atoms with Gasteiger partial charge in [-0.05, 0) is 19.1 Å². The Kier molecular flexibility index (Phi) is 5.37. The number of esters is 1. The molecule has 0 amide bonds. The number of nitrogens with two attached hydrogens (primary N) is 1. The predicted molar refractivity (Wildman–Crippen MR) is 81.5 cm³/mol. The fourth-order valence-electron chi connectivity index (χ4n) is 1.57. The van der Waals surface area contributed by atoms with Crippen molar-refractivity contribution in [3.8, 4) is 11.4 Å². The summed E-state index contributed by atoms with van der Waals surface area (Å²) in [4.78, 5) is 15.1. The molecule has 0 unspecified atom stereocenters. The normalized spacial score (nSPS) is 11.4. The molecule has 116 valence electrons. The number of hydrogen-bond donors (Lipinski definition) is 2. The third kappa shape index (κ3) is 3.98. The number of rotatable bonds is 6. The van der Waals surface area contributed by atoms with Gasteiger partial charge in [-0.3, -0.25) is 4.98 Å². The van der Waals surface area contributed by atoms with Gasteiger partial charge in [-0.1, -0.05) is 11.8 Å². The molecule has 0 radical (unpaired) electrons. The maximum Gasteiger partial charge on any atom is 0.334 e. The molecule has 0 saturated heterocycles. The van der Waals surface area contributed by atoms with Crippen LogP contribution in [0.1, 0.15) is 6.92 Å². The van der Waals surface area contributed by atoms with Crippen molar-refractivity contribution in [1.29, 1.82) is 0 Å². The highest BCUT2D eigenvalue weighted by molar-refractivity contribution is 7.99. The molecular weight excluding hydrogens is 306 g/mol. The van der Waals surface area contributed by atoms with E-state index in [1.165, 1.54) is 4.68 Å². The van der Waals surface area contributed by atoms with Crippen molar-refractivity contribution in [3.63, 3.8) is 0 Å². The Morgan fingerprint density at radius 2 is 2.18 bits per heavy atom. The molecule has 2 heterocycles. The van der Waals surface area contributed by atoms with Crippen LogP contribution in [0.15, 0.2) is 41.5 Å². The first kappa shape index (κ1) is 15.8. The van der Waals surface area contributed by atoms with Gasteiger partial charge in [-0.15, -0.1) is 10.2 Å². The average Bonchev–Trinajstić information content (AvgIpc) is 2.87. The van der Waals surface area contributed by atoms with E-state index in [9.17, 15) is 9.90 Å². The van der Waals surface area contributed by atoms with Crippen LogP contribution in [0.3, 0.4) is 0 Å². The van der Waals surface area contributed by atoms with Crippen LogP contribution in [-0.2, 0) is 9.53 Å². The fraction of sp³-hybridized carbons (Fsp3) is 0.231. The summed E-state index contributed by atoms with van der Waals surface area (Å²) in [6.07, 6.45) is 4.28. The molecule has 2 aromatic rings. The van der Waals surface area contributed by atoms with E-state index >= 15 is 0 Å². The smallest absolute Gasteiger partial charge is 0.334 e. The molecule has 0 aliphatic rings. The van der Waals surface area contributed by atoms with Crippen molar-refractivity contribution in [3.05, 3.63) is 36.4 Å². The molecule has 0 saturated carbocycles. The van der Waals surface area contributed by atoms with E-state index in [2.05, 4.69) is 15.2 Å². The van der Waals surface area contributed by atoms with Gasteiger partial charge in [-0.25, -0.2) is 9.47 Å². The molecular formula is C13H15N5O3S. The van der Waals surface area contributed by atoms with E-state index in [1.54, 1.807) is 31.5 Å². The third-order valence-electron chi connectivity index (χ3n) is 2.52. The van der Waals surface area contributed by atoms with Crippen LogP contribution in [0.5, 0.6) is 0 Å². The van der Waals surface area contributed by atoms with E-state index in [-0.39, 0.29) is 18.1 Å². The summed E-state index contributed by atoms with van der Waals surface area (Å²) < 4.78 is 6.02. The molecule has 2 rings (SSSR count). The Labute approximate surface area is 131 Å². The van der Waals surface area contributed by atoms with Crippen molar-refractivity contribution in [2.75, 3.05) is 18.2 Å². The number of nitrogens with zero attached hydrogens (tertiary/aromatic N) is 4. The van der Waals surface area contributed by atoms with E-state index in [0.717, 1.165) is 23.4 Å². The lowest BCUT2D eigenvalue weighted by Crippen LogP contribution is -2.12. The van der Waals surface area contributed by atoms with Crippen LogP contribution in [0.25, 0.3) is 11.4 Å². The lowest BCUT2D eigenvalue weighted by Gasteiger charge is -2.03. The monoisotopic (exact) mass is 321 g/mol. The molecule has 0 aliphatic heterocycles. The van der Waals surface area contributed by atoms with E-state index in [1.807, 2.05) is 0 Å². The van der Waals surface area contributed by atoms with Crippen LogP contribution in [0, 0.1) is 0 Å². The van der Waals surface area contributed by atoms with Crippen LogP contribution in [-0.4, -0.2) is 43.3 Å². The number of aliphatic hydroxyl groups is 1. The van der Waals surface area contributed by atoms with Crippen molar-refractivity contribution in [1.82, 2.24) is 19.9 Å². The molecule has 0 bridgehead atoms. The molecule has 0 spiro atoms. The zero-order chi connectivity index (χ0) is 15.9. The maximum absolute atomic E-state index is 11.2. The quantitative estimate of drug-likeness (QED) is 0.267. The zero-order valence-corrected chi connectivity index (χ0v) is 12.7. The van der Waals surface area contributed by atoms with Crippen molar-refractivity contribution in [2.24, 2.45) is 0 Å². The second kappa shape index (κ2) is 7.46. The largest absolute Gasteiger partial charge is 0.511 e. The number of thioether (sulfide) groups is 1. The van der Waals surface area contributed by atoms with Gasteiger partial charge in [0.1, 0.15) is 5.76 Å². The maximum atomic E-state index is 11.2. The Morgan fingerprint density at radius 3 is 2.86 bits per heavy atom. The first-order chi connectivity index (χ1) is 10.6. The number of aromatic nitrogens is 4. The topological polar surface area (TPSA) is 116 Å². The number of carbonyl (C=O) groups excluding carboxylic acids is 1. The number of hydrogen-bond acceptors (Lipinski definition) is 8. The van der Waals surface area contributed by atoms with Crippen LogP contribution >= 0.6 is 11.8 Å². The predicted octanol–water partition coefficient (Wildman–Crippen LogP) is 1.15. The van der Waals surface area contributed by atoms with E-state index in [0.29, 0.717) is 11.0 Å². The second-order valence-corrected chi connectivity index (χ2v) is 5.03. The molecule has 0 aliphatic carbocycles. The molecule has 22 heavy (non-hydrogen) atoms. The van der Waals surface area contributed by atoms with Gasteiger partial charge >= 0.3 is 5.97 Å². The van der Waals surface area contributed by atoms with Gasteiger partial charge in [0.2, 0.25) is 5.16 Å². The number of aliphatic hydroxyl groups excluding tert-OH is 1. The number of carbonyl (C=O) groups is 1. The summed E-state index contributed by atoms with van der Waals surface area (Å²) in [7, 11) is 0. The molecule has 0 fully saturated rings. The first-order valence-electron chi connectivity index (χ1n) is 6.41. The third-order valence-corrected chi connectivity index (χ3v) is 3.50. The van der Waals surface area contributed by atoms with Gasteiger partial charge in [0, 0.05) is 18.0 Å². The highest BCUT2D eigenvalue weighted by Crippen LogP contribution is 2.21. The summed E-state index contributed by atoms with van der Waals surface area (Å²) in [6, 6.07) is 3.53. The van der Waals surface area contributed by atoms with Crippen molar-refractivity contribution >= 4 is 17.7 Å². The Hall–Kier alpha value is -2.55. The highest BCUT2D eigenvalue weighted by Gasteiger charge is 2.12. The molecule has 3 N–H and O–H groups in total. The van der Waals surface area contributed by atoms with E-state index < -0.39 is 5.97 Å². The molecule has 8 nitrogen and oxygen atoms in total. The molecule has 9 heteroatoms. The molecule has 0 atom stereocenters. The Balaban J connectivity index is 2.03. The number of ether oxygens (including phenoxy) is 1. The van der Waals surface area contributed by atoms with Gasteiger partial charge in [0.25, 0.3) is 0 Å². The van der Waals surface area contributed by atoms with Crippen molar-refractivity contribution in [2.45, 2.75) is 12.1 Å². The summed E-state index contributed by atoms with van der Waals surface area (Å²) >= 11 is 1.15. The lowest BCUT2D eigenvalue weighted by atomic mass is 10.2. The highest BCUT2D eigenvalue weighted by atomic mass is 32.2. The Bertz CT molecular complexity index is 672. The van der Waals surface area contributed by atoms with Gasteiger partial charge < -0.3 is 15.7 Å². The molecule has 2 aromatic heterocycles. The summed E-state index contributed by atoms with van der Waals surface area (Å²) in [5.74, 6) is 5.82. The standard InChI is InChI=1S/C13H15N5O3S/c1-2-21-11(20)7-10(19)8-22-13-17-16-12(18(13)14)9-3-5-15-6-4-9/h3-7,19H,2,8,14H2,1H3/b10-7+. The second-order valence-electron chi connectivity index (χ2n) is 4.09. The van der Waals surface area contributed by atoms with Crippen molar-refractivity contribution < 1.29 is 14.6 Å². The zero-order valence-electron chi connectivity index (χ0n) is 11.8. The first-order valence-corrected chi connectivity index (χ1v) is 7.40. The minimum atomic E-state index is -0.590. The summed E-state index contributed by atoms with van der Waals surface area (Å²) in [5.41, 5.74) is 0.781. The summed E-state index contributed by atoms with van der Waals surface area (Å²) in [5, 5.41) is 18.0. The summed E-state index contributed by atoms with van der Waals surface area (Å²) in [6.45, 7) is 1.94. The molecule has 0 aromatic carbocycles. The Morgan fingerprint density at radius 1 is 1.45 bits per heavy atom. The number of nitrogen functional groups attached to an aromatic ring is 1. The van der Waals surface area contributed by atoms with Crippen LogP contribution < -0.4 is 5.84 Å². The van der Waals surface area contributed by atoms with Gasteiger partial charge in [-0.2, -0.15) is 0 Å². The van der Waals surface area contributed by atoms with E-state index in [4.69, 9.17) is 10.6 Å². The van der Waals surface area contributed by atoms with Gasteiger partial charge in [0.05, 0.1) is 18.4 Å². The van der Waals surface area contributed by atoms with Crippen LogP contribution in [0.2, 0.25) is 0 Å². The average molecular weight is 321 g/mol. The van der Waals surface area contributed by atoms with Crippen LogP contribution in [0.4, 0.5) is 0 Å². The lowest BCUT2D eigenvalue weighted by molar-refractivity contribution is -0.137. The number of pyridine rings is 1. The minimum absolute atomic E-state index is 0.128. The van der Waals surface area contributed by atoms with Gasteiger partial charge in [0.15, 0.2) is 5.82 Å². The minimum Gasteiger partial charge on any atom is -0.511 e. The SMILES string of the molecule is CCOC(=O)/C=C(/O)CSc1nnc(-c2ccncc2)n1N.